The van der Waals surface area contributed by atoms with E-state index in [1.165, 1.54) is 5.56 Å². The van der Waals surface area contributed by atoms with Crippen molar-refractivity contribution in [1.29, 1.82) is 0 Å². The van der Waals surface area contributed by atoms with Crippen molar-refractivity contribution in [3.8, 4) is 11.4 Å². The standard InChI is InChI=1S/C20H21ClN4OS/c1-14-6-8-16(9-7-14)19-22-23-20(27)25(19)11-10-18(26)24(2)13-15-4-3-5-17(21)12-15/h3-9,12H,10-11,13H2,1-2H3,(H,23,27). The molecule has 27 heavy (non-hydrogen) atoms. The van der Waals surface area contributed by atoms with E-state index in [1.807, 2.05) is 60.0 Å². The quantitative estimate of drug-likeness (QED) is 0.614. The number of aromatic amines is 1. The van der Waals surface area contributed by atoms with Crippen molar-refractivity contribution < 1.29 is 4.79 Å². The largest absolute Gasteiger partial charge is 0.341 e. The summed E-state index contributed by atoms with van der Waals surface area (Å²) in [4.78, 5) is 14.2. The predicted octanol–water partition coefficient (Wildman–Crippen LogP) is 4.62. The van der Waals surface area contributed by atoms with Gasteiger partial charge >= 0.3 is 0 Å². The minimum Gasteiger partial charge on any atom is -0.341 e. The van der Waals surface area contributed by atoms with Crippen LogP contribution in [0, 0.1) is 11.7 Å². The summed E-state index contributed by atoms with van der Waals surface area (Å²) in [6.45, 7) is 3.02. The van der Waals surface area contributed by atoms with Gasteiger partial charge in [-0.1, -0.05) is 53.6 Å². The number of carbonyl (C=O) groups excluding carboxylic acids is 1. The van der Waals surface area contributed by atoms with Crippen LogP contribution in [0.15, 0.2) is 48.5 Å². The number of aromatic nitrogens is 3. The van der Waals surface area contributed by atoms with Crippen molar-refractivity contribution in [2.24, 2.45) is 0 Å². The molecule has 0 fully saturated rings. The molecule has 0 bridgehead atoms. The summed E-state index contributed by atoms with van der Waals surface area (Å²) >= 11 is 11.4. The number of H-pyrrole nitrogens is 1. The molecule has 0 aliphatic carbocycles. The number of benzene rings is 2. The van der Waals surface area contributed by atoms with Crippen LogP contribution in [0.25, 0.3) is 11.4 Å². The Morgan fingerprint density at radius 1 is 1.26 bits per heavy atom. The third-order valence-corrected chi connectivity index (χ3v) is 4.90. The third-order valence-electron chi connectivity index (χ3n) is 4.35. The zero-order chi connectivity index (χ0) is 19.4. The number of hydrogen-bond acceptors (Lipinski definition) is 3. The Labute approximate surface area is 168 Å². The fourth-order valence-electron chi connectivity index (χ4n) is 2.84. The summed E-state index contributed by atoms with van der Waals surface area (Å²) in [6.07, 6.45) is 0.337. The zero-order valence-electron chi connectivity index (χ0n) is 15.3. The van der Waals surface area contributed by atoms with Gasteiger partial charge in [-0.25, -0.2) is 0 Å². The van der Waals surface area contributed by atoms with Gasteiger partial charge in [-0.05, 0) is 36.8 Å². The number of carbonyl (C=O) groups is 1. The second-order valence-electron chi connectivity index (χ2n) is 6.50. The Balaban J connectivity index is 1.67. The van der Waals surface area contributed by atoms with Gasteiger partial charge in [0.05, 0.1) is 0 Å². The highest BCUT2D eigenvalue weighted by atomic mass is 35.5. The minimum absolute atomic E-state index is 0.0351. The van der Waals surface area contributed by atoms with Gasteiger partial charge in [0.1, 0.15) is 0 Å². The molecule has 140 valence electrons. The highest BCUT2D eigenvalue weighted by molar-refractivity contribution is 7.71. The molecule has 3 aromatic rings. The number of hydrogen-bond donors (Lipinski definition) is 1. The van der Waals surface area contributed by atoms with Crippen molar-refractivity contribution in [1.82, 2.24) is 19.7 Å². The van der Waals surface area contributed by atoms with Gasteiger partial charge in [-0.15, -0.1) is 0 Å². The van der Waals surface area contributed by atoms with Crippen molar-refractivity contribution in [2.45, 2.75) is 26.4 Å². The van der Waals surface area contributed by atoms with Gasteiger partial charge in [-0.2, -0.15) is 5.10 Å². The summed E-state index contributed by atoms with van der Waals surface area (Å²) in [5, 5.41) is 7.82. The average Bonchev–Trinajstić information content (AvgIpc) is 3.01. The number of nitrogens with zero attached hydrogens (tertiary/aromatic N) is 3. The lowest BCUT2D eigenvalue weighted by molar-refractivity contribution is -0.130. The maximum Gasteiger partial charge on any atom is 0.224 e. The maximum absolute atomic E-state index is 12.5. The Morgan fingerprint density at radius 3 is 2.70 bits per heavy atom. The Bertz CT molecular complexity index is 994. The number of nitrogens with one attached hydrogen (secondary N) is 1. The van der Waals surface area contributed by atoms with E-state index in [0.717, 1.165) is 17.0 Å². The van der Waals surface area contributed by atoms with Crippen molar-refractivity contribution >= 4 is 29.7 Å². The molecule has 3 rings (SSSR count). The van der Waals surface area contributed by atoms with Crippen molar-refractivity contribution in [3.05, 3.63) is 69.5 Å². The lowest BCUT2D eigenvalue weighted by Gasteiger charge is -2.18. The Kier molecular flexibility index (Phi) is 6.08. The highest BCUT2D eigenvalue weighted by Gasteiger charge is 2.13. The topological polar surface area (TPSA) is 53.9 Å². The molecule has 0 spiro atoms. The third kappa shape index (κ3) is 4.84. The first-order valence-corrected chi connectivity index (χ1v) is 9.43. The number of aryl methyl sites for hydroxylation is 1. The van der Waals surface area contributed by atoms with Crippen LogP contribution in [0.5, 0.6) is 0 Å². The minimum atomic E-state index is 0.0351. The fraction of sp³-hybridized carbons (Fsp3) is 0.250. The van der Waals surface area contributed by atoms with E-state index >= 15 is 0 Å². The van der Waals surface area contributed by atoms with Crippen LogP contribution >= 0.6 is 23.8 Å². The summed E-state index contributed by atoms with van der Waals surface area (Å²) < 4.78 is 2.38. The van der Waals surface area contributed by atoms with Crippen LogP contribution < -0.4 is 0 Å². The molecule has 0 aliphatic rings. The van der Waals surface area contributed by atoms with Crippen LogP contribution in [0.3, 0.4) is 0 Å². The molecule has 7 heteroatoms. The highest BCUT2D eigenvalue weighted by Crippen LogP contribution is 2.19. The van der Waals surface area contributed by atoms with Crippen LogP contribution in [0.2, 0.25) is 5.02 Å². The summed E-state index contributed by atoms with van der Waals surface area (Å²) in [6, 6.07) is 15.6. The molecule has 0 atom stereocenters. The van der Waals surface area contributed by atoms with Gasteiger partial charge in [0.2, 0.25) is 5.91 Å². The molecular formula is C20H21ClN4OS. The monoisotopic (exact) mass is 400 g/mol. The zero-order valence-corrected chi connectivity index (χ0v) is 16.8. The first-order valence-electron chi connectivity index (χ1n) is 8.64. The Morgan fingerprint density at radius 2 is 2.00 bits per heavy atom. The van der Waals surface area contributed by atoms with E-state index in [-0.39, 0.29) is 5.91 Å². The first-order chi connectivity index (χ1) is 12.9. The van der Waals surface area contributed by atoms with E-state index in [1.54, 1.807) is 11.9 Å². The van der Waals surface area contributed by atoms with Gasteiger partial charge < -0.3 is 4.90 Å². The predicted molar refractivity (Wildman–Crippen MR) is 110 cm³/mol. The molecule has 2 aromatic carbocycles. The van der Waals surface area contributed by atoms with Gasteiger partial charge in [-0.3, -0.25) is 14.5 Å². The van der Waals surface area contributed by atoms with Crippen molar-refractivity contribution in [2.75, 3.05) is 7.05 Å². The molecule has 0 saturated heterocycles. The van der Waals surface area contributed by atoms with Crippen LogP contribution in [-0.2, 0) is 17.9 Å². The number of halogens is 1. The normalized spacial score (nSPS) is 10.8. The van der Waals surface area contributed by atoms with Crippen molar-refractivity contribution in [3.63, 3.8) is 0 Å². The lowest BCUT2D eigenvalue weighted by Crippen LogP contribution is -2.27. The summed E-state index contributed by atoms with van der Waals surface area (Å²) in [7, 11) is 1.79. The van der Waals surface area contributed by atoms with Crippen LogP contribution in [-0.4, -0.2) is 32.6 Å². The number of amides is 1. The lowest BCUT2D eigenvalue weighted by atomic mass is 10.1. The van der Waals surface area contributed by atoms with Gasteiger partial charge in [0.15, 0.2) is 10.6 Å². The van der Waals surface area contributed by atoms with E-state index in [9.17, 15) is 4.79 Å². The van der Waals surface area contributed by atoms with Gasteiger partial charge in [0.25, 0.3) is 0 Å². The van der Waals surface area contributed by atoms with Gasteiger partial charge in [0, 0.05) is 37.1 Å². The summed E-state index contributed by atoms with van der Waals surface area (Å²) in [5.41, 5.74) is 3.14. The smallest absolute Gasteiger partial charge is 0.224 e. The molecular weight excluding hydrogens is 380 g/mol. The molecule has 1 amide bonds. The van der Waals surface area contributed by atoms with E-state index in [2.05, 4.69) is 10.2 Å². The molecule has 0 saturated carbocycles. The second-order valence-corrected chi connectivity index (χ2v) is 7.32. The van der Waals surface area contributed by atoms with E-state index < -0.39 is 0 Å². The van der Waals surface area contributed by atoms with Crippen LogP contribution in [0.1, 0.15) is 17.5 Å². The molecule has 0 radical (unpaired) electrons. The van der Waals surface area contributed by atoms with Crippen LogP contribution in [0.4, 0.5) is 0 Å². The SMILES string of the molecule is Cc1ccc(-c2n[nH]c(=S)n2CCC(=O)N(C)Cc2cccc(Cl)c2)cc1. The molecule has 1 N–H and O–H groups in total. The Hall–Kier alpha value is -2.44. The molecule has 1 heterocycles. The summed E-state index contributed by atoms with van der Waals surface area (Å²) in [5.74, 6) is 0.776. The fourth-order valence-corrected chi connectivity index (χ4v) is 3.28. The molecule has 0 unspecified atom stereocenters. The maximum atomic E-state index is 12.5. The van der Waals surface area contributed by atoms with E-state index in [4.69, 9.17) is 23.8 Å². The molecule has 1 aromatic heterocycles. The number of rotatable bonds is 6. The first kappa shape index (κ1) is 19.3. The molecule has 0 aliphatic heterocycles. The van der Waals surface area contributed by atoms with E-state index in [0.29, 0.717) is 29.3 Å². The molecule has 5 nitrogen and oxygen atoms in total. The second kappa shape index (κ2) is 8.50. The average molecular weight is 401 g/mol.